The molecule has 0 spiro atoms. The van der Waals surface area contributed by atoms with Gasteiger partial charge in [-0.25, -0.2) is 9.48 Å². The first-order valence-corrected chi connectivity index (χ1v) is 9.28. The Morgan fingerprint density at radius 3 is 2.77 bits per heavy atom. The maximum Gasteiger partial charge on any atom is 0.350 e. The van der Waals surface area contributed by atoms with Crippen molar-refractivity contribution in [3.63, 3.8) is 0 Å². The minimum atomic E-state index is -0.649. The molecule has 2 heterocycles. The lowest BCUT2D eigenvalue weighted by atomic mass is 10.1. The molecule has 3 rings (SSSR count). The van der Waals surface area contributed by atoms with Gasteiger partial charge in [0.1, 0.15) is 5.56 Å². The highest BCUT2D eigenvalue weighted by molar-refractivity contribution is 5.99. The van der Waals surface area contributed by atoms with E-state index in [4.69, 9.17) is 9.47 Å². The van der Waals surface area contributed by atoms with Crippen LogP contribution >= 0.6 is 0 Å². The first-order chi connectivity index (χ1) is 14.5. The third kappa shape index (κ3) is 4.24. The number of benzene rings is 1. The van der Waals surface area contributed by atoms with E-state index in [0.29, 0.717) is 18.7 Å². The number of aryl methyl sites for hydroxylation is 1. The number of methoxy groups -OCH3 is 1. The maximum atomic E-state index is 12.5. The first-order valence-electron chi connectivity index (χ1n) is 9.28. The van der Waals surface area contributed by atoms with Crippen LogP contribution in [0.2, 0.25) is 0 Å². The van der Waals surface area contributed by atoms with Crippen LogP contribution in [0.3, 0.4) is 0 Å². The number of fused-ring (bicyclic) bond motifs is 1. The van der Waals surface area contributed by atoms with Crippen molar-refractivity contribution >= 4 is 17.2 Å². The van der Waals surface area contributed by atoms with Crippen LogP contribution in [0.5, 0.6) is 11.5 Å². The fraction of sp³-hybridized carbons (Fsp3) is 0.316. The Morgan fingerprint density at radius 1 is 1.30 bits per heavy atom. The summed E-state index contributed by atoms with van der Waals surface area (Å²) < 4.78 is 13.2. The molecule has 0 saturated carbocycles. The van der Waals surface area contributed by atoms with E-state index in [1.54, 1.807) is 31.3 Å². The zero-order valence-corrected chi connectivity index (χ0v) is 16.5. The third-order valence-electron chi connectivity index (χ3n) is 4.34. The van der Waals surface area contributed by atoms with Gasteiger partial charge in [-0.1, -0.05) is 6.07 Å². The van der Waals surface area contributed by atoms with E-state index in [2.05, 4.69) is 10.4 Å². The smallest absolute Gasteiger partial charge is 0.350 e. The van der Waals surface area contributed by atoms with Crippen LogP contribution < -0.4 is 20.5 Å². The van der Waals surface area contributed by atoms with Gasteiger partial charge in [0.2, 0.25) is 0 Å². The number of hydrogen-bond donors (Lipinski definition) is 1. The molecule has 0 aliphatic rings. The van der Waals surface area contributed by atoms with E-state index in [9.17, 15) is 19.7 Å². The molecule has 1 aromatic carbocycles. The fourth-order valence-electron chi connectivity index (χ4n) is 2.95. The van der Waals surface area contributed by atoms with E-state index >= 15 is 0 Å². The van der Waals surface area contributed by atoms with E-state index < -0.39 is 10.8 Å². The largest absolute Gasteiger partial charge is 0.493 e. The molecule has 0 unspecified atom stereocenters. The fourth-order valence-corrected chi connectivity index (χ4v) is 2.95. The van der Waals surface area contributed by atoms with Crippen LogP contribution in [-0.2, 0) is 6.54 Å². The van der Waals surface area contributed by atoms with E-state index in [0.717, 1.165) is 6.07 Å². The molecule has 0 atom stereocenters. The molecule has 0 saturated heterocycles. The minimum Gasteiger partial charge on any atom is -0.493 e. The molecular formula is C19H21N5O6. The van der Waals surface area contributed by atoms with Crippen molar-refractivity contribution in [2.75, 3.05) is 20.3 Å². The predicted molar refractivity (Wildman–Crippen MR) is 107 cm³/mol. The lowest BCUT2D eigenvalue weighted by Gasteiger charge is -2.12. The second-order valence-corrected chi connectivity index (χ2v) is 6.25. The van der Waals surface area contributed by atoms with Gasteiger partial charge in [0, 0.05) is 25.4 Å². The number of carbonyl (C=O) groups excluding carboxylic acids is 1. The first kappa shape index (κ1) is 20.8. The quantitative estimate of drug-likeness (QED) is 0.319. The topological polar surface area (TPSA) is 130 Å². The number of amides is 1. The standard InChI is InChI=1S/C19H21N5O6/c1-3-30-16-11-13(14(24(27)28)12-15(16)29-2)18(25)20-8-6-10-23-19(26)22-9-5-4-7-17(22)21-23/h4-5,7,9,11-12H,3,6,8,10H2,1-2H3,(H,20,25). The monoisotopic (exact) mass is 415 g/mol. The summed E-state index contributed by atoms with van der Waals surface area (Å²) >= 11 is 0. The van der Waals surface area contributed by atoms with E-state index in [1.807, 2.05) is 0 Å². The van der Waals surface area contributed by atoms with Crippen LogP contribution in [0.25, 0.3) is 5.65 Å². The van der Waals surface area contributed by atoms with Crippen LogP contribution in [0.1, 0.15) is 23.7 Å². The second-order valence-electron chi connectivity index (χ2n) is 6.25. The van der Waals surface area contributed by atoms with Crippen molar-refractivity contribution in [1.82, 2.24) is 19.5 Å². The van der Waals surface area contributed by atoms with Crippen LogP contribution in [-0.4, -0.2) is 45.3 Å². The Kier molecular flexibility index (Phi) is 6.30. The molecule has 0 bridgehead atoms. The van der Waals surface area contributed by atoms with Crippen molar-refractivity contribution in [3.05, 3.63) is 62.7 Å². The molecular weight excluding hydrogens is 394 g/mol. The molecule has 3 aromatic rings. The number of nitro benzene ring substituents is 1. The number of nitro groups is 1. The van der Waals surface area contributed by atoms with Gasteiger partial charge in [-0.3, -0.25) is 19.3 Å². The van der Waals surface area contributed by atoms with Gasteiger partial charge < -0.3 is 14.8 Å². The minimum absolute atomic E-state index is 0.130. The molecule has 11 nitrogen and oxygen atoms in total. The van der Waals surface area contributed by atoms with Gasteiger partial charge in [-0.2, -0.15) is 0 Å². The highest BCUT2D eigenvalue weighted by Gasteiger charge is 2.24. The summed E-state index contributed by atoms with van der Waals surface area (Å²) in [5, 5.41) is 18.2. The third-order valence-corrected chi connectivity index (χ3v) is 4.34. The predicted octanol–water partition coefficient (Wildman–Crippen LogP) is 1.63. The summed E-state index contributed by atoms with van der Waals surface area (Å²) in [5.41, 5.74) is -0.258. The summed E-state index contributed by atoms with van der Waals surface area (Å²) in [6, 6.07) is 7.69. The molecule has 0 fully saturated rings. The van der Waals surface area contributed by atoms with Crippen molar-refractivity contribution in [2.24, 2.45) is 0 Å². The molecule has 0 aliphatic carbocycles. The molecule has 158 valence electrons. The van der Waals surface area contributed by atoms with Gasteiger partial charge >= 0.3 is 5.69 Å². The lowest BCUT2D eigenvalue weighted by molar-refractivity contribution is -0.385. The summed E-state index contributed by atoms with van der Waals surface area (Å²) in [5.74, 6) is -0.203. The number of nitrogens with zero attached hydrogens (tertiary/aromatic N) is 4. The average molecular weight is 415 g/mol. The molecule has 30 heavy (non-hydrogen) atoms. The van der Waals surface area contributed by atoms with Gasteiger partial charge in [-0.15, -0.1) is 5.10 Å². The summed E-state index contributed by atoms with van der Waals surface area (Å²) in [6.45, 7) is 2.55. The number of hydrogen-bond acceptors (Lipinski definition) is 7. The molecule has 1 amide bonds. The van der Waals surface area contributed by atoms with Crippen LogP contribution in [0.15, 0.2) is 41.3 Å². The number of carbonyl (C=O) groups is 1. The summed E-state index contributed by atoms with van der Waals surface area (Å²) in [7, 11) is 1.36. The molecule has 1 N–H and O–H groups in total. The highest BCUT2D eigenvalue weighted by atomic mass is 16.6. The SMILES string of the molecule is CCOc1cc(C(=O)NCCCn2nc3ccccn3c2=O)c([N+](=O)[O-])cc1OC. The van der Waals surface area contributed by atoms with E-state index in [-0.39, 0.29) is 41.5 Å². The average Bonchev–Trinajstić information content (AvgIpc) is 3.06. The Bertz CT molecular complexity index is 1140. The second kappa shape index (κ2) is 9.07. The summed E-state index contributed by atoms with van der Waals surface area (Å²) in [6.07, 6.45) is 2.04. The molecule has 2 aromatic heterocycles. The highest BCUT2D eigenvalue weighted by Crippen LogP contribution is 2.34. The zero-order chi connectivity index (χ0) is 21.7. The van der Waals surface area contributed by atoms with Gasteiger partial charge in [0.25, 0.3) is 11.6 Å². The number of aromatic nitrogens is 3. The van der Waals surface area contributed by atoms with Gasteiger partial charge in [0.15, 0.2) is 17.1 Å². The Hall–Kier alpha value is -3.89. The van der Waals surface area contributed by atoms with Crippen molar-refractivity contribution in [2.45, 2.75) is 19.9 Å². The molecule has 11 heteroatoms. The van der Waals surface area contributed by atoms with E-state index in [1.165, 1.54) is 22.3 Å². The van der Waals surface area contributed by atoms with Crippen molar-refractivity contribution in [3.8, 4) is 11.5 Å². The van der Waals surface area contributed by atoms with Crippen LogP contribution in [0.4, 0.5) is 5.69 Å². The zero-order valence-electron chi connectivity index (χ0n) is 16.5. The number of rotatable bonds is 9. The Morgan fingerprint density at radius 2 is 2.10 bits per heavy atom. The number of ether oxygens (including phenoxy) is 2. The molecule has 0 radical (unpaired) electrons. The van der Waals surface area contributed by atoms with Gasteiger partial charge in [-0.05, 0) is 25.5 Å². The summed E-state index contributed by atoms with van der Waals surface area (Å²) in [4.78, 5) is 35.5. The van der Waals surface area contributed by atoms with Crippen LogP contribution in [0, 0.1) is 10.1 Å². The van der Waals surface area contributed by atoms with Crippen molar-refractivity contribution in [1.29, 1.82) is 0 Å². The maximum absolute atomic E-state index is 12.5. The lowest BCUT2D eigenvalue weighted by Crippen LogP contribution is -2.28. The number of nitrogens with one attached hydrogen (secondary N) is 1. The Labute approximate surface area is 171 Å². The molecule has 0 aliphatic heterocycles. The number of pyridine rings is 1. The normalized spacial score (nSPS) is 10.7. The Balaban J connectivity index is 1.69. The van der Waals surface area contributed by atoms with Crippen molar-refractivity contribution < 1.29 is 19.2 Å². The van der Waals surface area contributed by atoms with Gasteiger partial charge in [0.05, 0.1) is 24.7 Å².